The maximum atomic E-state index is 6.73. The second kappa shape index (κ2) is 8.53. The van der Waals surface area contributed by atoms with Crippen LogP contribution in [0.1, 0.15) is 36.5 Å². The summed E-state index contributed by atoms with van der Waals surface area (Å²) < 4.78 is 17.8. The number of benzene rings is 2. The van der Waals surface area contributed by atoms with E-state index in [-0.39, 0.29) is 18.3 Å². The van der Waals surface area contributed by atoms with E-state index in [2.05, 4.69) is 72.6 Å². The Morgan fingerprint density at radius 2 is 1.56 bits per heavy atom. The molecule has 144 valence electrons. The second-order valence-corrected chi connectivity index (χ2v) is 7.66. The Kier molecular flexibility index (Phi) is 5.89. The van der Waals surface area contributed by atoms with Crippen LogP contribution in [0, 0.1) is 0 Å². The van der Waals surface area contributed by atoms with Crippen LogP contribution in [0.25, 0.3) is 0 Å². The molecule has 4 rings (SSSR count). The number of hydrogen-bond donors (Lipinski definition) is 0. The Bertz CT molecular complexity index is 669. The lowest BCUT2D eigenvalue weighted by atomic mass is 9.97. The van der Waals surface area contributed by atoms with E-state index in [0.29, 0.717) is 18.9 Å². The third kappa shape index (κ3) is 4.09. The van der Waals surface area contributed by atoms with Gasteiger partial charge in [0.2, 0.25) is 0 Å². The first kappa shape index (κ1) is 18.6. The van der Waals surface area contributed by atoms with E-state index in [4.69, 9.17) is 14.2 Å². The second-order valence-electron chi connectivity index (χ2n) is 7.66. The molecule has 4 atom stereocenters. The van der Waals surface area contributed by atoms with Gasteiger partial charge in [0.05, 0.1) is 12.2 Å². The van der Waals surface area contributed by atoms with Crippen molar-refractivity contribution in [1.82, 2.24) is 4.90 Å². The number of nitrogens with zero attached hydrogens (tertiary/aromatic N) is 1. The molecule has 2 aromatic carbocycles. The minimum Gasteiger partial charge on any atom is -0.365 e. The van der Waals surface area contributed by atoms with Crippen LogP contribution in [0.5, 0.6) is 0 Å². The van der Waals surface area contributed by atoms with Gasteiger partial charge in [0, 0.05) is 19.2 Å². The van der Waals surface area contributed by atoms with Crippen molar-refractivity contribution in [2.75, 3.05) is 21.0 Å². The summed E-state index contributed by atoms with van der Waals surface area (Å²) in [6.45, 7) is 0.365. The summed E-state index contributed by atoms with van der Waals surface area (Å²) in [6, 6.07) is 22.0. The average Bonchev–Trinajstić information content (AvgIpc) is 2.89. The Hall–Kier alpha value is -1.72. The number of fused-ring (bicyclic) bond motifs is 2. The Morgan fingerprint density at radius 3 is 2.15 bits per heavy atom. The van der Waals surface area contributed by atoms with Crippen LogP contribution in [0.4, 0.5) is 0 Å². The minimum atomic E-state index is -0.0291. The van der Waals surface area contributed by atoms with Gasteiger partial charge in [-0.15, -0.1) is 0 Å². The Labute approximate surface area is 162 Å². The van der Waals surface area contributed by atoms with E-state index < -0.39 is 0 Å². The molecular weight excluding hydrogens is 338 g/mol. The summed E-state index contributed by atoms with van der Waals surface area (Å²) in [5, 5.41) is 0. The van der Waals surface area contributed by atoms with E-state index in [1.165, 1.54) is 11.1 Å². The lowest BCUT2D eigenvalue weighted by Gasteiger charge is -2.38. The minimum absolute atomic E-state index is 0.0291. The fourth-order valence-corrected chi connectivity index (χ4v) is 4.62. The Balaban J connectivity index is 1.51. The summed E-state index contributed by atoms with van der Waals surface area (Å²) >= 11 is 0. The molecule has 0 spiro atoms. The van der Waals surface area contributed by atoms with Crippen LogP contribution >= 0.6 is 0 Å². The highest BCUT2D eigenvalue weighted by molar-refractivity contribution is 5.30. The first-order valence-corrected chi connectivity index (χ1v) is 9.84. The van der Waals surface area contributed by atoms with Gasteiger partial charge >= 0.3 is 0 Å². The third-order valence-electron chi connectivity index (χ3n) is 6.01. The van der Waals surface area contributed by atoms with Gasteiger partial charge in [0.15, 0.2) is 0 Å². The molecule has 2 aliphatic rings. The largest absolute Gasteiger partial charge is 0.365 e. The van der Waals surface area contributed by atoms with E-state index in [1.807, 2.05) is 0 Å². The van der Waals surface area contributed by atoms with Gasteiger partial charge in [-0.25, -0.2) is 0 Å². The number of ether oxygens (including phenoxy) is 3. The molecule has 0 N–H and O–H groups in total. The summed E-state index contributed by atoms with van der Waals surface area (Å²) in [5.74, 6) is 0. The molecular formula is C23H29NO3. The molecule has 2 aromatic rings. The summed E-state index contributed by atoms with van der Waals surface area (Å²) in [7, 11) is 3.90. The molecule has 0 saturated carbocycles. The quantitative estimate of drug-likeness (QED) is 0.692. The van der Waals surface area contributed by atoms with Gasteiger partial charge in [-0.1, -0.05) is 60.7 Å². The summed E-state index contributed by atoms with van der Waals surface area (Å²) in [5.41, 5.74) is 2.42. The van der Waals surface area contributed by atoms with Crippen molar-refractivity contribution in [2.24, 2.45) is 0 Å². The SMILES string of the molecule is COCO[C@H]1C[C@@H]2C[C@H](OC(c3ccccc3)c3ccccc3)C[C@H]1N2C. The predicted octanol–water partition coefficient (Wildman–Crippen LogP) is 4.02. The van der Waals surface area contributed by atoms with Crippen LogP contribution in [0.15, 0.2) is 60.7 Å². The van der Waals surface area contributed by atoms with Gasteiger partial charge in [-0.05, 0) is 37.4 Å². The lowest BCUT2D eigenvalue weighted by molar-refractivity contribution is -0.0933. The number of piperidine rings is 1. The molecule has 0 aromatic heterocycles. The van der Waals surface area contributed by atoms with Gasteiger partial charge in [-0.3, -0.25) is 4.90 Å². The standard InChI is InChI=1S/C23H29NO3/c1-24-19-13-20(15-21(24)22(14-19)26-16-25-2)27-23(17-9-5-3-6-10-17)18-11-7-4-8-12-18/h3-12,19-23H,13-16H2,1-2H3/t19-,20-,21+,22-/m0/s1. The molecule has 0 aliphatic carbocycles. The van der Waals surface area contributed by atoms with Gasteiger partial charge in [-0.2, -0.15) is 0 Å². The first-order chi connectivity index (χ1) is 13.3. The molecule has 2 saturated heterocycles. The fraction of sp³-hybridized carbons (Fsp3) is 0.478. The van der Waals surface area contributed by atoms with Crippen LogP contribution < -0.4 is 0 Å². The van der Waals surface area contributed by atoms with Crippen molar-refractivity contribution in [2.45, 2.75) is 49.7 Å². The summed E-state index contributed by atoms with van der Waals surface area (Å²) in [6.07, 6.45) is 3.55. The highest BCUT2D eigenvalue weighted by Crippen LogP contribution is 2.40. The maximum Gasteiger partial charge on any atom is 0.146 e. The van der Waals surface area contributed by atoms with Gasteiger partial charge in [0.1, 0.15) is 12.9 Å². The number of likely N-dealkylation sites (N-methyl/N-ethyl adjacent to an activating group) is 1. The van der Waals surface area contributed by atoms with Crippen molar-refractivity contribution in [3.8, 4) is 0 Å². The number of hydrogen-bond acceptors (Lipinski definition) is 4. The van der Waals surface area contributed by atoms with Crippen molar-refractivity contribution in [3.63, 3.8) is 0 Å². The van der Waals surface area contributed by atoms with Crippen molar-refractivity contribution >= 4 is 0 Å². The molecule has 2 bridgehead atoms. The van der Waals surface area contributed by atoms with Crippen LogP contribution in [0.2, 0.25) is 0 Å². The molecule has 0 unspecified atom stereocenters. The van der Waals surface area contributed by atoms with E-state index in [0.717, 1.165) is 19.3 Å². The van der Waals surface area contributed by atoms with Crippen molar-refractivity contribution in [3.05, 3.63) is 71.8 Å². The van der Waals surface area contributed by atoms with Crippen molar-refractivity contribution < 1.29 is 14.2 Å². The Morgan fingerprint density at radius 1 is 0.926 bits per heavy atom. The van der Waals surface area contributed by atoms with Gasteiger partial charge in [0.25, 0.3) is 0 Å². The van der Waals surface area contributed by atoms with Crippen molar-refractivity contribution in [1.29, 1.82) is 0 Å². The van der Waals surface area contributed by atoms with Crippen LogP contribution in [-0.2, 0) is 14.2 Å². The molecule has 2 heterocycles. The van der Waals surface area contributed by atoms with Gasteiger partial charge < -0.3 is 14.2 Å². The molecule has 4 heteroatoms. The highest BCUT2D eigenvalue weighted by Gasteiger charge is 2.46. The zero-order valence-corrected chi connectivity index (χ0v) is 16.2. The smallest absolute Gasteiger partial charge is 0.146 e. The van der Waals surface area contributed by atoms with E-state index in [9.17, 15) is 0 Å². The molecule has 0 radical (unpaired) electrons. The molecule has 4 nitrogen and oxygen atoms in total. The molecule has 0 amide bonds. The van der Waals surface area contributed by atoms with E-state index in [1.54, 1.807) is 7.11 Å². The zero-order valence-electron chi connectivity index (χ0n) is 16.2. The first-order valence-electron chi connectivity index (χ1n) is 9.84. The predicted molar refractivity (Wildman–Crippen MR) is 106 cm³/mol. The lowest BCUT2D eigenvalue weighted by Crippen LogP contribution is -2.45. The monoisotopic (exact) mass is 367 g/mol. The normalized spacial score (nSPS) is 28.0. The zero-order chi connectivity index (χ0) is 18.6. The summed E-state index contributed by atoms with van der Waals surface area (Å²) in [4.78, 5) is 2.47. The average molecular weight is 367 g/mol. The maximum absolute atomic E-state index is 6.73. The van der Waals surface area contributed by atoms with Crippen LogP contribution in [-0.4, -0.2) is 50.1 Å². The molecule has 27 heavy (non-hydrogen) atoms. The highest BCUT2D eigenvalue weighted by atomic mass is 16.7. The molecule has 2 aliphatic heterocycles. The van der Waals surface area contributed by atoms with Crippen LogP contribution in [0.3, 0.4) is 0 Å². The van der Waals surface area contributed by atoms with E-state index >= 15 is 0 Å². The topological polar surface area (TPSA) is 30.9 Å². The molecule has 2 fully saturated rings. The number of rotatable bonds is 7. The number of methoxy groups -OCH3 is 1. The third-order valence-corrected chi connectivity index (χ3v) is 6.01. The fourth-order valence-electron chi connectivity index (χ4n) is 4.62.